The summed E-state index contributed by atoms with van der Waals surface area (Å²) in [6.07, 6.45) is 2.76. The second kappa shape index (κ2) is 12.7. The van der Waals surface area contributed by atoms with E-state index in [1.165, 1.54) is 0 Å². The van der Waals surface area contributed by atoms with Crippen molar-refractivity contribution in [2.24, 2.45) is 10.7 Å². The standard InChI is InChI=1S/C27H35N5O5/c1-17(2)24(20(5)34-6)18(3)31-26(28)25-19(4)32(15-30-25)11-7-8-12-35-27(33)29-14-21-9-10-22-23(13-21)37-16-36-22/h9-10,13,15H,1,3,7-8,11-12,14,16H2,2,4-6H3,(H2,28,31)(H,29,33)/b24-20+. The molecule has 0 saturated heterocycles. The van der Waals surface area contributed by atoms with Gasteiger partial charge in [0.15, 0.2) is 17.3 Å². The Morgan fingerprint density at radius 1 is 1.24 bits per heavy atom. The Morgan fingerprint density at radius 3 is 2.73 bits per heavy atom. The molecule has 3 N–H and O–H groups in total. The highest BCUT2D eigenvalue weighted by Crippen LogP contribution is 2.32. The molecule has 1 amide bonds. The number of fused-ring (bicyclic) bond motifs is 1. The highest BCUT2D eigenvalue weighted by atomic mass is 16.7. The first-order valence-corrected chi connectivity index (χ1v) is 12.0. The molecule has 1 aliphatic heterocycles. The second-order valence-corrected chi connectivity index (χ2v) is 8.62. The Kier molecular flexibility index (Phi) is 9.37. The molecule has 198 valence electrons. The molecule has 1 aliphatic rings. The van der Waals surface area contributed by atoms with E-state index >= 15 is 0 Å². The van der Waals surface area contributed by atoms with Gasteiger partial charge in [-0.25, -0.2) is 14.8 Å². The number of unbranched alkanes of at least 4 members (excludes halogenated alkanes) is 1. The van der Waals surface area contributed by atoms with Crippen LogP contribution in [-0.4, -0.2) is 42.0 Å². The number of hydrogen-bond donors (Lipinski definition) is 2. The quantitative estimate of drug-likeness (QED) is 0.143. The summed E-state index contributed by atoms with van der Waals surface area (Å²) in [4.78, 5) is 20.9. The molecule has 0 spiro atoms. The zero-order valence-corrected chi connectivity index (χ0v) is 21.9. The van der Waals surface area contributed by atoms with E-state index in [-0.39, 0.29) is 12.6 Å². The maximum atomic E-state index is 12.0. The molecule has 0 aliphatic carbocycles. The van der Waals surface area contributed by atoms with Crippen molar-refractivity contribution < 1.29 is 23.7 Å². The van der Waals surface area contributed by atoms with E-state index < -0.39 is 6.09 Å². The Hall–Kier alpha value is -4.21. The maximum Gasteiger partial charge on any atom is 0.407 e. The van der Waals surface area contributed by atoms with Crippen molar-refractivity contribution in [2.45, 2.75) is 46.7 Å². The number of nitrogens with two attached hydrogens (primary N) is 1. The maximum absolute atomic E-state index is 12.0. The van der Waals surface area contributed by atoms with Crippen LogP contribution in [0.25, 0.3) is 0 Å². The van der Waals surface area contributed by atoms with Gasteiger partial charge in [0.2, 0.25) is 6.79 Å². The largest absolute Gasteiger partial charge is 0.501 e. The molecule has 37 heavy (non-hydrogen) atoms. The molecular formula is C27H35N5O5. The van der Waals surface area contributed by atoms with Crippen LogP contribution in [0.3, 0.4) is 0 Å². The number of carbonyl (C=O) groups excluding carboxylic acids is 1. The highest BCUT2D eigenvalue weighted by molar-refractivity contribution is 5.97. The van der Waals surface area contributed by atoms with Gasteiger partial charge < -0.3 is 34.6 Å². The van der Waals surface area contributed by atoms with Crippen molar-refractivity contribution in [2.75, 3.05) is 20.5 Å². The van der Waals surface area contributed by atoms with Crippen LogP contribution >= 0.6 is 0 Å². The molecule has 0 radical (unpaired) electrons. The number of ether oxygens (including phenoxy) is 4. The summed E-state index contributed by atoms with van der Waals surface area (Å²) in [6, 6.07) is 5.54. The average molecular weight is 510 g/mol. The van der Waals surface area contributed by atoms with E-state index in [1.807, 2.05) is 43.5 Å². The van der Waals surface area contributed by atoms with Crippen LogP contribution in [0, 0.1) is 6.92 Å². The van der Waals surface area contributed by atoms with Gasteiger partial charge in [-0.3, -0.25) is 0 Å². The van der Waals surface area contributed by atoms with Gasteiger partial charge >= 0.3 is 6.09 Å². The first kappa shape index (κ1) is 27.4. The summed E-state index contributed by atoms with van der Waals surface area (Å²) in [5.74, 6) is 2.32. The number of nitrogens with one attached hydrogen (secondary N) is 1. The minimum Gasteiger partial charge on any atom is -0.501 e. The zero-order chi connectivity index (χ0) is 26.9. The number of amidine groups is 1. The molecule has 1 aromatic heterocycles. The minimum absolute atomic E-state index is 0.216. The average Bonchev–Trinajstić information content (AvgIpc) is 3.48. The Morgan fingerprint density at radius 2 is 2.00 bits per heavy atom. The molecule has 2 heterocycles. The molecule has 0 atom stereocenters. The summed E-state index contributed by atoms with van der Waals surface area (Å²) in [5, 5.41) is 2.74. The lowest BCUT2D eigenvalue weighted by atomic mass is 10.1. The number of amides is 1. The van der Waals surface area contributed by atoms with Crippen molar-refractivity contribution in [3.05, 3.63) is 77.2 Å². The van der Waals surface area contributed by atoms with Crippen LogP contribution < -0.4 is 20.5 Å². The number of imidazole rings is 1. The van der Waals surface area contributed by atoms with E-state index in [2.05, 4.69) is 28.5 Å². The van der Waals surface area contributed by atoms with Crippen molar-refractivity contribution >= 4 is 11.9 Å². The van der Waals surface area contributed by atoms with Crippen LogP contribution in [0.2, 0.25) is 0 Å². The van der Waals surface area contributed by atoms with Gasteiger partial charge in [-0.1, -0.05) is 19.2 Å². The Bertz CT molecular complexity index is 1230. The lowest BCUT2D eigenvalue weighted by Crippen LogP contribution is -2.24. The fraction of sp³-hybridized carbons (Fsp3) is 0.370. The first-order chi connectivity index (χ1) is 17.7. The van der Waals surface area contributed by atoms with E-state index in [0.29, 0.717) is 54.8 Å². The van der Waals surface area contributed by atoms with E-state index in [0.717, 1.165) is 28.8 Å². The Labute approximate surface area is 217 Å². The van der Waals surface area contributed by atoms with Crippen molar-refractivity contribution in [3.8, 4) is 11.5 Å². The summed E-state index contributed by atoms with van der Waals surface area (Å²) in [7, 11) is 1.59. The third-order valence-electron chi connectivity index (χ3n) is 5.87. The third kappa shape index (κ3) is 7.16. The number of benzene rings is 1. The van der Waals surface area contributed by atoms with Gasteiger partial charge in [0.05, 0.1) is 25.7 Å². The van der Waals surface area contributed by atoms with Crippen molar-refractivity contribution in [1.29, 1.82) is 0 Å². The van der Waals surface area contributed by atoms with E-state index in [9.17, 15) is 4.79 Å². The lowest BCUT2D eigenvalue weighted by Gasteiger charge is -2.12. The fourth-order valence-corrected chi connectivity index (χ4v) is 3.85. The third-order valence-corrected chi connectivity index (χ3v) is 5.87. The van der Waals surface area contributed by atoms with Gasteiger partial charge in [0, 0.05) is 24.4 Å². The summed E-state index contributed by atoms with van der Waals surface area (Å²) < 4.78 is 23.2. The zero-order valence-electron chi connectivity index (χ0n) is 21.9. The number of aryl methyl sites for hydroxylation is 1. The van der Waals surface area contributed by atoms with Gasteiger partial charge in [-0.15, -0.1) is 0 Å². The summed E-state index contributed by atoms with van der Waals surface area (Å²) >= 11 is 0. The molecule has 0 saturated carbocycles. The summed E-state index contributed by atoms with van der Waals surface area (Å²) in [5.41, 5.74) is 10.6. The number of aliphatic imine (C=N–C) groups is 1. The SMILES string of the molecule is C=C(C)/C(C(=C)/N=C(/N)c1ncn(CCCCOC(=O)NCc2ccc3c(c2)OCO3)c1C)=C(/C)OC. The predicted octanol–water partition coefficient (Wildman–Crippen LogP) is 4.34. The van der Waals surface area contributed by atoms with Crippen LogP contribution in [-0.2, 0) is 22.6 Å². The van der Waals surface area contributed by atoms with Crippen molar-refractivity contribution in [3.63, 3.8) is 0 Å². The normalized spacial score (nSPS) is 13.1. The smallest absolute Gasteiger partial charge is 0.407 e. The first-order valence-electron chi connectivity index (χ1n) is 12.0. The van der Waals surface area contributed by atoms with Crippen molar-refractivity contribution in [1.82, 2.24) is 14.9 Å². The number of hydrogen-bond acceptors (Lipinski definition) is 7. The van der Waals surface area contributed by atoms with E-state index in [4.69, 9.17) is 24.7 Å². The topological polar surface area (TPSA) is 122 Å². The summed E-state index contributed by atoms with van der Waals surface area (Å²) in [6.45, 7) is 15.2. The fourth-order valence-electron chi connectivity index (χ4n) is 3.85. The van der Waals surface area contributed by atoms with Gasteiger partial charge in [-0.2, -0.15) is 0 Å². The number of nitrogens with zero attached hydrogens (tertiary/aromatic N) is 3. The number of rotatable bonds is 12. The number of carbonyl (C=O) groups is 1. The number of alkyl carbamates (subject to hydrolysis) is 1. The number of aromatic nitrogens is 2. The molecule has 0 unspecified atom stereocenters. The molecule has 10 heteroatoms. The molecule has 10 nitrogen and oxygen atoms in total. The van der Waals surface area contributed by atoms with Gasteiger partial charge in [0.1, 0.15) is 11.5 Å². The molecule has 0 fully saturated rings. The number of methoxy groups -OCH3 is 1. The molecule has 3 rings (SSSR count). The molecular weight excluding hydrogens is 474 g/mol. The van der Waals surface area contributed by atoms with E-state index in [1.54, 1.807) is 13.4 Å². The van der Waals surface area contributed by atoms with Gasteiger partial charge in [-0.05, 0) is 56.9 Å². The monoisotopic (exact) mass is 509 g/mol. The number of allylic oxidation sites excluding steroid dienone is 2. The molecule has 1 aromatic carbocycles. The van der Waals surface area contributed by atoms with Crippen LogP contribution in [0.5, 0.6) is 11.5 Å². The predicted molar refractivity (Wildman–Crippen MR) is 141 cm³/mol. The van der Waals surface area contributed by atoms with Gasteiger partial charge in [0.25, 0.3) is 0 Å². The second-order valence-electron chi connectivity index (χ2n) is 8.62. The Balaban J connectivity index is 1.43. The van der Waals surface area contributed by atoms with Crippen LogP contribution in [0.15, 0.2) is 65.3 Å². The molecule has 2 aromatic rings. The lowest BCUT2D eigenvalue weighted by molar-refractivity contribution is 0.143. The van der Waals surface area contributed by atoms with Crippen LogP contribution in [0.4, 0.5) is 4.79 Å². The minimum atomic E-state index is -0.463. The van der Waals surface area contributed by atoms with Crippen LogP contribution in [0.1, 0.15) is 43.6 Å². The highest BCUT2D eigenvalue weighted by Gasteiger charge is 2.15. The molecule has 0 bridgehead atoms.